The number of aliphatic imine (C=N–C) groups is 1. The Morgan fingerprint density at radius 1 is 1.30 bits per heavy atom. The topological polar surface area (TPSA) is 74.5 Å². The van der Waals surface area contributed by atoms with E-state index in [0.717, 1.165) is 54.6 Å². The van der Waals surface area contributed by atoms with Crippen molar-refractivity contribution in [2.75, 3.05) is 26.1 Å². The number of rotatable bonds is 9. The summed E-state index contributed by atoms with van der Waals surface area (Å²) in [5.41, 5.74) is 6.07. The predicted octanol–water partition coefficient (Wildman–Crippen LogP) is 4.17. The molecule has 2 atom stereocenters. The Balaban J connectivity index is 1.49. The van der Waals surface area contributed by atoms with Gasteiger partial charge in [0.1, 0.15) is 5.84 Å². The number of amides is 1. The van der Waals surface area contributed by atoms with Crippen molar-refractivity contribution in [2.24, 2.45) is 10.9 Å². The van der Waals surface area contributed by atoms with E-state index in [-0.39, 0.29) is 18.0 Å². The van der Waals surface area contributed by atoms with Gasteiger partial charge in [-0.2, -0.15) is 0 Å². The van der Waals surface area contributed by atoms with Crippen LogP contribution in [0.5, 0.6) is 0 Å². The number of hydrogen-bond acceptors (Lipinski definition) is 4. The van der Waals surface area contributed by atoms with Crippen molar-refractivity contribution in [2.45, 2.75) is 58.0 Å². The van der Waals surface area contributed by atoms with Gasteiger partial charge in [0.15, 0.2) is 5.82 Å². The Morgan fingerprint density at radius 2 is 2.06 bits per heavy atom. The van der Waals surface area contributed by atoms with Crippen LogP contribution in [0.2, 0.25) is 0 Å². The Kier molecular flexibility index (Phi) is 7.28. The molecule has 1 aromatic carbocycles. The standard InChI is InChI=1S/C26H36N6O/c1-5-7-22(18(2)31(3)4)29-26(33)21-14-12-20(13-15-21)23-17-28-25-9-6-8-24(30-32(23)25)27-16-19-10-11-19/h6,9,12-15,17-19,22H,5,7-8,10-11,16H2,1-4H3,(H,27,30)(H,29,33). The van der Waals surface area contributed by atoms with Gasteiger partial charge in [-0.05, 0) is 64.4 Å². The lowest BCUT2D eigenvalue weighted by atomic mass is 10.0. The lowest BCUT2D eigenvalue weighted by Gasteiger charge is -2.30. The van der Waals surface area contributed by atoms with E-state index in [9.17, 15) is 4.79 Å². The summed E-state index contributed by atoms with van der Waals surface area (Å²) in [4.78, 5) is 24.4. The molecule has 2 heterocycles. The molecule has 1 aromatic heterocycles. The number of likely N-dealkylation sites (N-methyl/N-ethyl adjacent to an activating group) is 1. The highest BCUT2D eigenvalue weighted by atomic mass is 16.1. The lowest BCUT2D eigenvalue weighted by molar-refractivity contribution is 0.0909. The average molecular weight is 449 g/mol. The predicted molar refractivity (Wildman–Crippen MR) is 135 cm³/mol. The Bertz CT molecular complexity index is 1020. The first kappa shape index (κ1) is 23.2. The van der Waals surface area contributed by atoms with Crippen molar-refractivity contribution in [1.29, 1.82) is 0 Å². The summed E-state index contributed by atoms with van der Waals surface area (Å²) in [7, 11) is 4.10. The summed E-state index contributed by atoms with van der Waals surface area (Å²) in [5.74, 6) is 2.54. The summed E-state index contributed by atoms with van der Waals surface area (Å²) >= 11 is 0. The molecule has 2 unspecified atom stereocenters. The first-order chi connectivity index (χ1) is 16.0. The molecule has 1 saturated carbocycles. The minimum Gasteiger partial charge on any atom is -0.348 e. The van der Waals surface area contributed by atoms with Crippen LogP contribution >= 0.6 is 0 Å². The van der Waals surface area contributed by atoms with Crippen molar-refractivity contribution in [3.05, 3.63) is 47.9 Å². The number of benzene rings is 1. The van der Waals surface area contributed by atoms with E-state index in [0.29, 0.717) is 5.56 Å². The molecule has 0 saturated heterocycles. The molecule has 0 radical (unpaired) electrons. The molecular formula is C26H36N6O. The summed E-state index contributed by atoms with van der Waals surface area (Å²) in [6.45, 7) is 5.19. The molecule has 33 heavy (non-hydrogen) atoms. The molecule has 1 aliphatic heterocycles. The molecule has 2 aromatic rings. The number of hydrogen-bond donors (Lipinski definition) is 2. The molecule has 1 fully saturated rings. The second-order valence-electron chi connectivity index (χ2n) is 9.44. The zero-order valence-corrected chi connectivity index (χ0v) is 20.2. The first-order valence-corrected chi connectivity index (χ1v) is 12.1. The fraction of sp³-hybridized carbons (Fsp3) is 0.500. The van der Waals surface area contributed by atoms with Crippen LogP contribution in [0.15, 0.2) is 41.5 Å². The van der Waals surface area contributed by atoms with E-state index < -0.39 is 0 Å². The maximum atomic E-state index is 12.9. The molecule has 7 nitrogen and oxygen atoms in total. The molecule has 0 bridgehead atoms. The van der Waals surface area contributed by atoms with Gasteiger partial charge < -0.3 is 10.2 Å². The molecule has 4 rings (SSSR count). The molecule has 2 aliphatic rings. The number of carbonyl (C=O) groups is 1. The molecule has 1 aliphatic carbocycles. The van der Waals surface area contributed by atoms with Crippen molar-refractivity contribution in [1.82, 2.24) is 19.9 Å². The number of imidazole rings is 1. The summed E-state index contributed by atoms with van der Waals surface area (Å²) in [5, 5.41) is 3.23. The Labute approximate surface area is 197 Å². The van der Waals surface area contributed by atoms with Crippen LogP contribution in [0.3, 0.4) is 0 Å². The second-order valence-corrected chi connectivity index (χ2v) is 9.44. The largest absolute Gasteiger partial charge is 0.348 e. The minimum absolute atomic E-state index is 0.0311. The van der Waals surface area contributed by atoms with Crippen molar-refractivity contribution >= 4 is 17.8 Å². The lowest BCUT2D eigenvalue weighted by Crippen LogP contribution is -2.47. The van der Waals surface area contributed by atoms with Crippen LogP contribution in [-0.4, -0.2) is 59.0 Å². The average Bonchev–Trinajstić information content (AvgIpc) is 3.60. The summed E-state index contributed by atoms with van der Waals surface area (Å²) in [6, 6.07) is 8.14. The van der Waals surface area contributed by atoms with Gasteiger partial charge in [0.25, 0.3) is 5.91 Å². The highest BCUT2D eigenvalue weighted by Crippen LogP contribution is 2.29. The maximum Gasteiger partial charge on any atom is 0.251 e. The highest BCUT2D eigenvalue weighted by Gasteiger charge is 2.22. The molecule has 1 amide bonds. The quantitative estimate of drug-likeness (QED) is 0.604. The van der Waals surface area contributed by atoms with Crippen molar-refractivity contribution in [3.8, 4) is 11.3 Å². The van der Waals surface area contributed by atoms with Gasteiger partial charge in [-0.3, -0.25) is 15.2 Å². The second kappa shape index (κ2) is 10.3. The molecule has 2 N–H and O–H groups in total. The number of amidine groups is 1. The summed E-state index contributed by atoms with van der Waals surface area (Å²) < 4.78 is 1.99. The van der Waals surface area contributed by atoms with E-state index >= 15 is 0 Å². The van der Waals surface area contributed by atoms with Gasteiger partial charge in [0.2, 0.25) is 0 Å². The van der Waals surface area contributed by atoms with Gasteiger partial charge in [0, 0.05) is 36.2 Å². The minimum atomic E-state index is -0.0311. The van der Waals surface area contributed by atoms with E-state index in [4.69, 9.17) is 4.99 Å². The van der Waals surface area contributed by atoms with Gasteiger partial charge >= 0.3 is 0 Å². The smallest absolute Gasteiger partial charge is 0.251 e. The Morgan fingerprint density at radius 3 is 2.73 bits per heavy atom. The van der Waals surface area contributed by atoms with Crippen LogP contribution in [-0.2, 0) is 0 Å². The van der Waals surface area contributed by atoms with Gasteiger partial charge in [-0.1, -0.05) is 31.6 Å². The normalized spacial score (nSPS) is 18.5. The summed E-state index contributed by atoms with van der Waals surface area (Å²) in [6.07, 6.45) is 11.3. The van der Waals surface area contributed by atoms with Crippen LogP contribution < -0.4 is 10.7 Å². The molecule has 176 valence electrons. The monoisotopic (exact) mass is 448 g/mol. The number of carbonyl (C=O) groups excluding carboxylic acids is 1. The van der Waals surface area contributed by atoms with E-state index in [2.05, 4.69) is 40.5 Å². The van der Waals surface area contributed by atoms with Gasteiger partial charge in [-0.15, -0.1) is 0 Å². The SMILES string of the molecule is CCCC(NC(=O)c1ccc(-c2cnc3n2NC(=NCC2CC2)CC=C3)cc1)C(C)N(C)C. The van der Waals surface area contributed by atoms with Crippen LogP contribution in [0.25, 0.3) is 17.3 Å². The fourth-order valence-electron chi connectivity index (χ4n) is 4.04. The van der Waals surface area contributed by atoms with E-state index in [1.54, 1.807) is 0 Å². The van der Waals surface area contributed by atoms with Crippen LogP contribution in [0, 0.1) is 5.92 Å². The zero-order valence-electron chi connectivity index (χ0n) is 20.2. The molecular weight excluding hydrogens is 412 g/mol. The molecule has 0 spiro atoms. The van der Waals surface area contributed by atoms with E-state index in [1.807, 2.05) is 55.3 Å². The number of nitrogens with zero attached hydrogens (tertiary/aromatic N) is 4. The molecule has 7 heteroatoms. The number of aromatic nitrogens is 2. The third-order valence-corrected chi connectivity index (χ3v) is 6.60. The third-order valence-electron chi connectivity index (χ3n) is 6.60. The zero-order chi connectivity index (χ0) is 23.4. The van der Waals surface area contributed by atoms with E-state index in [1.165, 1.54) is 12.8 Å². The van der Waals surface area contributed by atoms with Crippen molar-refractivity contribution < 1.29 is 4.79 Å². The Hall–Kier alpha value is -2.93. The number of fused-ring (bicyclic) bond motifs is 1. The highest BCUT2D eigenvalue weighted by molar-refractivity contribution is 5.95. The number of nitrogens with one attached hydrogen (secondary N) is 2. The van der Waals surface area contributed by atoms with Crippen molar-refractivity contribution in [3.63, 3.8) is 0 Å². The fourth-order valence-corrected chi connectivity index (χ4v) is 4.04. The maximum absolute atomic E-state index is 12.9. The van der Waals surface area contributed by atoms with Crippen LogP contribution in [0.4, 0.5) is 0 Å². The first-order valence-electron chi connectivity index (χ1n) is 12.1. The van der Waals surface area contributed by atoms with Crippen LogP contribution in [0.1, 0.15) is 62.1 Å². The third kappa shape index (κ3) is 5.71. The van der Waals surface area contributed by atoms with Gasteiger partial charge in [0.05, 0.1) is 11.9 Å². The van der Waals surface area contributed by atoms with Gasteiger partial charge in [-0.25, -0.2) is 9.66 Å².